The lowest BCUT2D eigenvalue weighted by Gasteiger charge is -2.28. The first-order chi connectivity index (χ1) is 21.5. The van der Waals surface area contributed by atoms with Crippen molar-refractivity contribution < 1.29 is 19.5 Å². The van der Waals surface area contributed by atoms with E-state index in [1.807, 2.05) is 30.3 Å². The average molecular weight is 607 g/mol. The second-order valence-electron chi connectivity index (χ2n) is 12.8. The lowest BCUT2D eigenvalue weighted by atomic mass is 9.92. The van der Waals surface area contributed by atoms with Crippen LogP contribution in [0.5, 0.6) is 0 Å². The van der Waals surface area contributed by atoms with E-state index in [1.165, 1.54) is 75.5 Å². The smallest absolute Gasteiger partial charge is 0.303 e. The van der Waals surface area contributed by atoms with E-state index in [4.69, 9.17) is 5.11 Å². The molecule has 44 heavy (non-hydrogen) atoms. The van der Waals surface area contributed by atoms with E-state index in [-0.39, 0.29) is 18.2 Å². The van der Waals surface area contributed by atoms with Gasteiger partial charge in [0.15, 0.2) is 0 Å². The minimum absolute atomic E-state index is 0.174. The predicted octanol–water partition coefficient (Wildman–Crippen LogP) is 10.5. The van der Waals surface area contributed by atoms with Crippen LogP contribution in [-0.4, -0.2) is 40.9 Å². The summed E-state index contributed by atoms with van der Waals surface area (Å²) in [5.41, 5.74) is 2.27. The van der Waals surface area contributed by atoms with Gasteiger partial charge in [-0.3, -0.25) is 19.3 Å². The van der Waals surface area contributed by atoms with E-state index in [9.17, 15) is 14.4 Å². The van der Waals surface area contributed by atoms with Gasteiger partial charge in [0.2, 0.25) is 0 Å². The molecule has 0 unspecified atom stereocenters. The summed E-state index contributed by atoms with van der Waals surface area (Å²) in [5, 5.41) is 14.0. The fraction of sp³-hybridized carbons (Fsp3) is 0.658. The van der Waals surface area contributed by atoms with Crippen molar-refractivity contribution in [3.63, 3.8) is 0 Å². The summed E-state index contributed by atoms with van der Waals surface area (Å²) in [4.78, 5) is 38.8. The maximum atomic E-state index is 13.4. The van der Waals surface area contributed by atoms with Gasteiger partial charge in [0.05, 0.1) is 0 Å². The fourth-order valence-corrected chi connectivity index (χ4v) is 6.48. The second-order valence-corrected chi connectivity index (χ2v) is 12.8. The Morgan fingerprint density at radius 2 is 1.14 bits per heavy atom. The Bertz CT molecular complexity index is 1140. The summed E-state index contributed by atoms with van der Waals surface area (Å²) in [6.45, 7) is 3.63. The summed E-state index contributed by atoms with van der Waals surface area (Å²) in [7, 11) is 0. The predicted molar refractivity (Wildman–Crippen MR) is 183 cm³/mol. The number of carboxylic acid groups (broad SMARTS) is 1. The molecule has 0 aliphatic carbocycles. The average Bonchev–Trinajstić information content (AvgIpc) is 3.02. The molecule has 2 aromatic rings. The molecule has 0 atom stereocenters. The van der Waals surface area contributed by atoms with Crippen LogP contribution in [0.15, 0.2) is 30.3 Å². The van der Waals surface area contributed by atoms with Crippen molar-refractivity contribution >= 4 is 34.2 Å². The molecule has 1 aliphatic rings. The van der Waals surface area contributed by atoms with Crippen LogP contribution in [0.1, 0.15) is 169 Å². The van der Waals surface area contributed by atoms with Crippen molar-refractivity contribution in [3.8, 4) is 0 Å². The summed E-state index contributed by atoms with van der Waals surface area (Å²) in [6, 6.07) is 9.72. The molecule has 1 heterocycles. The Labute approximate surface area is 266 Å². The minimum Gasteiger partial charge on any atom is -0.481 e. The zero-order valence-corrected chi connectivity index (χ0v) is 27.5. The molecule has 3 rings (SSSR count). The highest BCUT2D eigenvalue weighted by Gasteiger charge is 2.32. The SMILES string of the molecule is CCCCCCCCCCCCCCNc1ccc2c3c(cccc13)C(=O)N(CCCCCCCCCCCC(=O)O)C2=O. The Balaban J connectivity index is 1.35. The number of nitrogens with zero attached hydrogens (tertiary/aromatic N) is 1. The number of imide groups is 1. The zero-order chi connectivity index (χ0) is 31.4. The van der Waals surface area contributed by atoms with E-state index in [1.54, 1.807) is 0 Å². The molecule has 0 aromatic heterocycles. The number of anilines is 1. The van der Waals surface area contributed by atoms with Crippen LogP contribution in [-0.2, 0) is 4.79 Å². The van der Waals surface area contributed by atoms with Gasteiger partial charge in [0.25, 0.3) is 11.8 Å². The number of rotatable bonds is 26. The van der Waals surface area contributed by atoms with Gasteiger partial charge < -0.3 is 10.4 Å². The number of benzene rings is 2. The molecule has 1 aliphatic heterocycles. The molecular weight excluding hydrogens is 548 g/mol. The van der Waals surface area contributed by atoms with Crippen molar-refractivity contribution in [2.45, 2.75) is 148 Å². The fourth-order valence-electron chi connectivity index (χ4n) is 6.48. The lowest BCUT2D eigenvalue weighted by molar-refractivity contribution is -0.137. The number of aliphatic carboxylic acids is 1. The molecule has 0 saturated carbocycles. The Hall–Kier alpha value is -2.89. The van der Waals surface area contributed by atoms with Crippen LogP contribution >= 0.6 is 0 Å². The van der Waals surface area contributed by atoms with Crippen LogP contribution in [0, 0.1) is 0 Å². The molecule has 0 fully saturated rings. The Morgan fingerprint density at radius 3 is 1.70 bits per heavy atom. The van der Waals surface area contributed by atoms with Crippen LogP contribution in [0.25, 0.3) is 10.8 Å². The number of carbonyl (C=O) groups excluding carboxylic acids is 2. The standard InChI is InChI=1S/C38H58N2O4/c1-2-3-4-5-6-7-8-9-12-15-18-21-29-39-34-28-27-33-36-31(34)24-23-25-32(36)37(43)40(38(33)44)30-22-19-16-13-10-11-14-17-20-26-35(41)42/h23-25,27-28,39H,2-22,26,29-30H2,1H3,(H,41,42). The first-order valence-electron chi connectivity index (χ1n) is 17.9. The van der Waals surface area contributed by atoms with Gasteiger partial charge in [-0.05, 0) is 37.5 Å². The maximum Gasteiger partial charge on any atom is 0.303 e. The van der Waals surface area contributed by atoms with Gasteiger partial charge in [-0.1, -0.05) is 135 Å². The molecule has 6 nitrogen and oxygen atoms in total. The summed E-state index contributed by atoms with van der Waals surface area (Å²) in [6.07, 6.45) is 25.4. The van der Waals surface area contributed by atoms with E-state index in [2.05, 4.69) is 12.2 Å². The highest BCUT2D eigenvalue weighted by Crippen LogP contribution is 2.34. The van der Waals surface area contributed by atoms with Crippen molar-refractivity contribution in [2.24, 2.45) is 0 Å². The quantitative estimate of drug-likeness (QED) is 0.0822. The van der Waals surface area contributed by atoms with Gasteiger partial charge in [0.1, 0.15) is 0 Å². The van der Waals surface area contributed by atoms with Crippen molar-refractivity contribution in [2.75, 3.05) is 18.4 Å². The molecule has 2 N–H and O–H groups in total. The number of hydrogen-bond donors (Lipinski definition) is 2. The number of nitrogens with one attached hydrogen (secondary N) is 1. The molecule has 2 amide bonds. The molecule has 244 valence electrons. The third-order valence-electron chi connectivity index (χ3n) is 9.11. The van der Waals surface area contributed by atoms with Crippen molar-refractivity contribution in [1.29, 1.82) is 0 Å². The van der Waals surface area contributed by atoms with Crippen LogP contribution in [0.2, 0.25) is 0 Å². The minimum atomic E-state index is -0.710. The van der Waals surface area contributed by atoms with Crippen LogP contribution < -0.4 is 5.32 Å². The summed E-state index contributed by atoms with van der Waals surface area (Å²) in [5.74, 6) is -1.06. The van der Waals surface area contributed by atoms with Gasteiger partial charge in [-0.2, -0.15) is 0 Å². The largest absolute Gasteiger partial charge is 0.481 e. The first-order valence-corrected chi connectivity index (χ1v) is 17.9. The van der Waals surface area contributed by atoms with Gasteiger partial charge in [-0.15, -0.1) is 0 Å². The Kier molecular flexibility index (Phi) is 16.9. The lowest BCUT2D eigenvalue weighted by Crippen LogP contribution is -2.40. The number of amides is 2. The van der Waals surface area contributed by atoms with Crippen molar-refractivity contribution in [1.82, 2.24) is 4.90 Å². The first kappa shape index (κ1) is 35.6. The number of hydrogen-bond acceptors (Lipinski definition) is 4. The molecule has 2 aromatic carbocycles. The van der Waals surface area contributed by atoms with Gasteiger partial charge in [0, 0.05) is 47.1 Å². The third-order valence-corrected chi connectivity index (χ3v) is 9.11. The topological polar surface area (TPSA) is 86.7 Å². The van der Waals surface area contributed by atoms with E-state index in [0.717, 1.165) is 87.2 Å². The van der Waals surface area contributed by atoms with Crippen molar-refractivity contribution in [3.05, 3.63) is 41.5 Å². The normalized spacial score (nSPS) is 12.8. The van der Waals surface area contributed by atoms with E-state index >= 15 is 0 Å². The molecule has 0 radical (unpaired) electrons. The Morgan fingerprint density at radius 1 is 0.636 bits per heavy atom. The second kappa shape index (κ2) is 21.0. The van der Waals surface area contributed by atoms with Crippen LogP contribution in [0.3, 0.4) is 0 Å². The number of carbonyl (C=O) groups is 3. The number of unbranched alkanes of at least 4 members (excludes halogenated alkanes) is 19. The number of carboxylic acids is 1. The maximum absolute atomic E-state index is 13.4. The molecule has 6 heteroatoms. The molecule has 0 saturated heterocycles. The molecule has 0 spiro atoms. The van der Waals surface area contributed by atoms with Gasteiger partial charge in [-0.25, -0.2) is 0 Å². The summed E-state index contributed by atoms with van der Waals surface area (Å²) >= 11 is 0. The van der Waals surface area contributed by atoms with Gasteiger partial charge >= 0.3 is 5.97 Å². The monoisotopic (exact) mass is 606 g/mol. The highest BCUT2D eigenvalue weighted by molar-refractivity contribution is 6.26. The molecular formula is C38H58N2O4. The van der Waals surface area contributed by atoms with E-state index < -0.39 is 5.97 Å². The van der Waals surface area contributed by atoms with Crippen LogP contribution in [0.4, 0.5) is 5.69 Å². The third kappa shape index (κ3) is 11.9. The molecule has 0 bridgehead atoms. The zero-order valence-electron chi connectivity index (χ0n) is 27.5. The van der Waals surface area contributed by atoms with E-state index in [0.29, 0.717) is 17.7 Å². The highest BCUT2D eigenvalue weighted by atomic mass is 16.4. The summed E-state index contributed by atoms with van der Waals surface area (Å²) < 4.78 is 0.